The molecule has 0 bridgehead atoms. The predicted molar refractivity (Wildman–Crippen MR) is 114 cm³/mol. The van der Waals surface area contributed by atoms with Crippen LogP contribution in [0.25, 0.3) is 0 Å². The van der Waals surface area contributed by atoms with E-state index in [0.29, 0.717) is 23.1 Å². The molecule has 154 valence electrons. The van der Waals surface area contributed by atoms with Crippen molar-refractivity contribution in [1.29, 1.82) is 0 Å². The maximum atomic E-state index is 11.9. The molecular formula is C23H21ClN2O4. The second-order valence-electron chi connectivity index (χ2n) is 6.43. The third-order valence-electron chi connectivity index (χ3n) is 4.06. The first-order valence-corrected chi connectivity index (χ1v) is 9.68. The average Bonchev–Trinajstić information content (AvgIpc) is 2.78. The molecule has 0 atom stereocenters. The first-order valence-electron chi connectivity index (χ1n) is 9.30. The van der Waals surface area contributed by atoms with Crippen molar-refractivity contribution < 1.29 is 19.1 Å². The minimum Gasteiger partial charge on any atom is -0.489 e. The number of hydrazine groups is 1. The van der Waals surface area contributed by atoms with Crippen LogP contribution in [0.5, 0.6) is 11.5 Å². The summed E-state index contributed by atoms with van der Waals surface area (Å²) in [5, 5.41) is 0.598. The molecule has 0 aliphatic heterocycles. The Bertz CT molecular complexity index is 961. The summed E-state index contributed by atoms with van der Waals surface area (Å²) in [4.78, 5) is 23.7. The van der Waals surface area contributed by atoms with E-state index in [4.69, 9.17) is 21.1 Å². The minimum atomic E-state index is -0.469. The third-order valence-corrected chi connectivity index (χ3v) is 4.31. The number of carbonyl (C=O) groups excluding carboxylic acids is 2. The Morgan fingerprint density at radius 1 is 0.700 bits per heavy atom. The highest BCUT2D eigenvalue weighted by atomic mass is 35.5. The summed E-state index contributed by atoms with van der Waals surface area (Å²) < 4.78 is 11.1. The largest absolute Gasteiger partial charge is 0.489 e. The molecule has 0 aromatic heterocycles. The van der Waals surface area contributed by atoms with Crippen molar-refractivity contribution in [2.24, 2.45) is 0 Å². The quantitative estimate of drug-likeness (QED) is 0.541. The standard InChI is InChI=1S/C23H21ClN2O4/c24-19-8-6-17(7-9-19)14-22(27)25-26-23(28)16-30-21-12-10-20(11-13-21)29-15-18-4-2-1-3-5-18/h1-13H,14-16H2,(H,25,27)(H,26,28). The molecule has 0 saturated carbocycles. The molecule has 0 fully saturated rings. The second-order valence-corrected chi connectivity index (χ2v) is 6.87. The molecule has 3 aromatic rings. The van der Waals surface area contributed by atoms with E-state index in [1.807, 2.05) is 30.3 Å². The zero-order chi connectivity index (χ0) is 21.2. The van der Waals surface area contributed by atoms with Gasteiger partial charge < -0.3 is 9.47 Å². The fourth-order valence-electron chi connectivity index (χ4n) is 2.53. The van der Waals surface area contributed by atoms with E-state index in [-0.39, 0.29) is 18.9 Å². The van der Waals surface area contributed by atoms with Crippen LogP contribution in [0.1, 0.15) is 11.1 Å². The summed E-state index contributed by atoms with van der Waals surface area (Å²) in [5.74, 6) is 0.407. The van der Waals surface area contributed by atoms with Gasteiger partial charge in [0.15, 0.2) is 6.61 Å². The molecule has 3 aromatic carbocycles. The van der Waals surface area contributed by atoms with Gasteiger partial charge in [-0.15, -0.1) is 0 Å². The zero-order valence-electron chi connectivity index (χ0n) is 16.1. The minimum absolute atomic E-state index is 0.128. The number of hydrogen-bond acceptors (Lipinski definition) is 4. The van der Waals surface area contributed by atoms with Crippen LogP contribution < -0.4 is 20.3 Å². The lowest BCUT2D eigenvalue weighted by Gasteiger charge is -2.10. The Labute approximate surface area is 179 Å². The van der Waals surface area contributed by atoms with Crippen molar-refractivity contribution in [2.75, 3.05) is 6.61 Å². The Morgan fingerprint density at radius 3 is 1.97 bits per heavy atom. The van der Waals surface area contributed by atoms with Crippen molar-refractivity contribution in [3.8, 4) is 11.5 Å². The van der Waals surface area contributed by atoms with Crippen molar-refractivity contribution >= 4 is 23.4 Å². The first-order chi connectivity index (χ1) is 14.6. The van der Waals surface area contributed by atoms with Gasteiger partial charge in [0.25, 0.3) is 5.91 Å². The Balaban J connectivity index is 1.35. The number of benzene rings is 3. The molecule has 0 spiro atoms. The van der Waals surface area contributed by atoms with Gasteiger partial charge in [0.1, 0.15) is 18.1 Å². The van der Waals surface area contributed by atoms with Gasteiger partial charge >= 0.3 is 0 Å². The van der Waals surface area contributed by atoms with Crippen molar-refractivity contribution in [2.45, 2.75) is 13.0 Å². The molecule has 0 radical (unpaired) electrons. The van der Waals surface area contributed by atoms with Crippen LogP contribution in [-0.4, -0.2) is 18.4 Å². The van der Waals surface area contributed by atoms with Crippen molar-refractivity contribution in [1.82, 2.24) is 10.9 Å². The van der Waals surface area contributed by atoms with Gasteiger partial charge in [-0.1, -0.05) is 54.1 Å². The molecular weight excluding hydrogens is 404 g/mol. The predicted octanol–water partition coefficient (Wildman–Crippen LogP) is 3.69. The lowest BCUT2D eigenvalue weighted by Crippen LogP contribution is -2.44. The molecule has 30 heavy (non-hydrogen) atoms. The summed E-state index contributed by atoms with van der Waals surface area (Å²) in [7, 11) is 0. The van der Waals surface area contributed by atoms with E-state index < -0.39 is 5.91 Å². The van der Waals surface area contributed by atoms with Gasteiger partial charge in [-0.05, 0) is 47.5 Å². The summed E-state index contributed by atoms with van der Waals surface area (Å²) in [5.41, 5.74) is 6.54. The highest BCUT2D eigenvalue weighted by molar-refractivity contribution is 6.30. The van der Waals surface area contributed by atoms with E-state index >= 15 is 0 Å². The lowest BCUT2D eigenvalue weighted by molar-refractivity contribution is -0.129. The Hall–Kier alpha value is -3.51. The van der Waals surface area contributed by atoms with E-state index in [1.165, 1.54) is 0 Å². The Morgan fingerprint density at radius 2 is 1.30 bits per heavy atom. The fourth-order valence-corrected chi connectivity index (χ4v) is 2.66. The molecule has 0 aliphatic carbocycles. The van der Waals surface area contributed by atoms with Gasteiger partial charge in [0.05, 0.1) is 6.42 Å². The number of hydrogen-bond donors (Lipinski definition) is 2. The topological polar surface area (TPSA) is 76.7 Å². The van der Waals surface area contributed by atoms with E-state index in [0.717, 1.165) is 11.1 Å². The van der Waals surface area contributed by atoms with Gasteiger partial charge in [-0.25, -0.2) is 0 Å². The zero-order valence-corrected chi connectivity index (χ0v) is 16.9. The molecule has 2 N–H and O–H groups in total. The highest BCUT2D eigenvalue weighted by Gasteiger charge is 2.07. The summed E-state index contributed by atoms with van der Waals surface area (Å²) >= 11 is 5.81. The van der Waals surface area contributed by atoms with Gasteiger partial charge in [-0.3, -0.25) is 20.4 Å². The van der Waals surface area contributed by atoms with E-state index in [2.05, 4.69) is 10.9 Å². The van der Waals surface area contributed by atoms with E-state index in [1.54, 1.807) is 48.5 Å². The van der Waals surface area contributed by atoms with Crippen LogP contribution in [0.15, 0.2) is 78.9 Å². The van der Waals surface area contributed by atoms with Crippen LogP contribution >= 0.6 is 11.6 Å². The average molecular weight is 425 g/mol. The number of ether oxygens (including phenoxy) is 2. The van der Waals surface area contributed by atoms with Gasteiger partial charge in [0, 0.05) is 5.02 Å². The number of amides is 2. The highest BCUT2D eigenvalue weighted by Crippen LogP contribution is 2.18. The van der Waals surface area contributed by atoms with Crippen molar-refractivity contribution in [3.63, 3.8) is 0 Å². The molecule has 0 aliphatic rings. The van der Waals surface area contributed by atoms with Crippen LogP contribution in [0.3, 0.4) is 0 Å². The first kappa shape index (κ1) is 21.2. The number of carbonyl (C=O) groups is 2. The number of nitrogens with one attached hydrogen (secondary N) is 2. The molecule has 0 saturated heterocycles. The molecule has 6 nitrogen and oxygen atoms in total. The van der Waals surface area contributed by atoms with Crippen LogP contribution in [0.2, 0.25) is 5.02 Å². The maximum Gasteiger partial charge on any atom is 0.276 e. The van der Waals surface area contributed by atoms with Gasteiger partial charge in [0.2, 0.25) is 5.91 Å². The lowest BCUT2D eigenvalue weighted by atomic mass is 10.1. The number of rotatable bonds is 8. The Kier molecular flexibility index (Phi) is 7.69. The van der Waals surface area contributed by atoms with E-state index in [9.17, 15) is 9.59 Å². The van der Waals surface area contributed by atoms with Crippen LogP contribution in [0.4, 0.5) is 0 Å². The molecule has 0 heterocycles. The van der Waals surface area contributed by atoms with Gasteiger partial charge in [-0.2, -0.15) is 0 Å². The normalized spacial score (nSPS) is 10.2. The molecule has 2 amide bonds. The number of halogens is 1. The second kappa shape index (κ2) is 10.9. The molecule has 7 heteroatoms. The smallest absolute Gasteiger partial charge is 0.276 e. The fraction of sp³-hybridized carbons (Fsp3) is 0.130. The van der Waals surface area contributed by atoms with Crippen LogP contribution in [0, 0.1) is 0 Å². The molecule has 0 unspecified atom stereocenters. The monoisotopic (exact) mass is 424 g/mol. The van der Waals surface area contributed by atoms with Crippen LogP contribution in [-0.2, 0) is 22.6 Å². The third kappa shape index (κ3) is 7.14. The summed E-state index contributed by atoms with van der Waals surface area (Å²) in [6, 6.07) is 23.7. The van der Waals surface area contributed by atoms with Crippen molar-refractivity contribution in [3.05, 3.63) is 95.0 Å². The SMILES string of the molecule is O=C(COc1ccc(OCc2ccccc2)cc1)NNC(=O)Cc1ccc(Cl)cc1. The summed E-state index contributed by atoms with van der Waals surface area (Å²) in [6.07, 6.45) is 0.128. The molecule has 3 rings (SSSR count). The summed E-state index contributed by atoms with van der Waals surface area (Å²) in [6.45, 7) is 0.241. The maximum absolute atomic E-state index is 11.9.